The molecule has 13 heteroatoms. The number of nitrogens with one attached hydrogen (secondary N) is 3. The predicted molar refractivity (Wildman–Crippen MR) is 86.7 cm³/mol. The lowest BCUT2D eigenvalue weighted by atomic mass is 9.96. The largest absolute Gasteiger partial charge is 0.481 e. The number of carboxylic acid groups (broad SMARTS) is 4. The van der Waals surface area contributed by atoms with Crippen molar-refractivity contribution in [2.75, 3.05) is 13.6 Å². The molecule has 0 aliphatic rings. The van der Waals surface area contributed by atoms with Crippen molar-refractivity contribution in [3.63, 3.8) is 0 Å². The number of hydrogen-bond acceptors (Lipinski definition) is 7. The summed E-state index contributed by atoms with van der Waals surface area (Å²) in [6.07, 6.45) is -1.10. The van der Waals surface area contributed by atoms with Crippen LogP contribution in [0.2, 0.25) is 0 Å². The highest BCUT2D eigenvalue weighted by Crippen LogP contribution is 2.15. The van der Waals surface area contributed by atoms with Crippen LogP contribution in [0.4, 0.5) is 0 Å². The first kappa shape index (κ1) is 25.3. The van der Waals surface area contributed by atoms with Crippen LogP contribution >= 0.6 is 0 Å². The standard InChI is InChI=1S/C7H16N4O2.C6H8O7/c1-10-5(6(12)13)3-2-4-11-7(8)9;7-3(8)1-6(13,5(11)12)2-4(9)10/h5,10H,2-4H2,1H3,(H,12,13)(H4,8,9,11);13H,1-2H2,(H,7,8)(H,9,10)(H,11,12). The first-order chi connectivity index (χ1) is 11.9. The average Bonchev–Trinajstić information content (AvgIpc) is 2.45. The molecule has 150 valence electrons. The highest BCUT2D eigenvalue weighted by molar-refractivity contribution is 5.88. The first-order valence-corrected chi connectivity index (χ1v) is 7.23. The van der Waals surface area contributed by atoms with Gasteiger partial charge in [-0.05, 0) is 19.9 Å². The van der Waals surface area contributed by atoms with Gasteiger partial charge in [0.15, 0.2) is 11.6 Å². The second-order valence-electron chi connectivity index (χ2n) is 5.14. The topological polar surface area (TPSA) is 243 Å². The molecule has 0 spiro atoms. The second-order valence-corrected chi connectivity index (χ2v) is 5.14. The van der Waals surface area contributed by atoms with Gasteiger partial charge in [0.05, 0.1) is 12.8 Å². The van der Waals surface area contributed by atoms with Crippen molar-refractivity contribution in [2.45, 2.75) is 37.3 Å². The Kier molecular flexibility index (Phi) is 12.1. The molecule has 0 radical (unpaired) electrons. The highest BCUT2D eigenvalue weighted by Gasteiger charge is 2.40. The van der Waals surface area contributed by atoms with Crippen molar-refractivity contribution in [3.8, 4) is 0 Å². The molecule has 0 aromatic rings. The summed E-state index contributed by atoms with van der Waals surface area (Å²) >= 11 is 0. The molecule has 0 fully saturated rings. The van der Waals surface area contributed by atoms with Crippen molar-refractivity contribution in [2.24, 2.45) is 5.73 Å². The molecule has 0 rings (SSSR count). The van der Waals surface area contributed by atoms with Crippen molar-refractivity contribution in [3.05, 3.63) is 0 Å². The van der Waals surface area contributed by atoms with Gasteiger partial charge in [0.2, 0.25) is 0 Å². The number of carboxylic acids is 4. The lowest BCUT2D eigenvalue weighted by molar-refractivity contribution is -0.170. The number of carbonyl (C=O) groups is 4. The van der Waals surface area contributed by atoms with Crippen LogP contribution in [0.15, 0.2) is 0 Å². The summed E-state index contributed by atoms with van der Waals surface area (Å²) in [4.78, 5) is 41.0. The van der Waals surface area contributed by atoms with Gasteiger partial charge in [-0.15, -0.1) is 0 Å². The van der Waals surface area contributed by atoms with Crippen LogP contribution in [0.3, 0.4) is 0 Å². The van der Waals surface area contributed by atoms with Gasteiger partial charge in [-0.3, -0.25) is 19.8 Å². The van der Waals surface area contributed by atoms with E-state index in [4.69, 9.17) is 36.7 Å². The lowest BCUT2D eigenvalue weighted by Gasteiger charge is -2.18. The van der Waals surface area contributed by atoms with Crippen molar-refractivity contribution in [1.29, 1.82) is 5.41 Å². The minimum Gasteiger partial charge on any atom is -0.481 e. The summed E-state index contributed by atoms with van der Waals surface area (Å²) in [5.74, 6) is -5.96. The molecule has 0 aliphatic heterocycles. The van der Waals surface area contributed by atoms with Gasteiger partial charge in [-0.2, -0.15) is 0 Å². The quantitative estimate of drug-likeness (QED) is 0.104. The molecule has 10 N–H and O–H groups in total. The molecule has 1 unspecified atom stereocenters. The summed E-state index contributed by atoms with van der Waals surface area (Å²) in [7, 11) is 1.61. The molecule has 0 aromatic carbocycles. The van der Waals surface area contributed by atoms with Gasteiger partial charge in [0.1, 0.15) is 6.04 Å². The second kappa shape index (κ2) is 12.4. The molecular formula is C13H24N4O9. The van der Waals surface area contributed by atoms with Crippen LogP contribution in [-0.2, 0) is 19.2 Å². The Morgan fingerprint density at radius 3 is 1.81 bits per heavy atom. The summed E-state index contributed by atoms with van der Waals surface area (Å²) in [6.45, 7) is 0.529. The van der Waals surface area contributed by atoms with E-state index in [9.17, 15) is 19.2 Å². The summed E-state index contributed by atoms with van der Waals surface area (Å²) in [5, 5.41) is 54.6. The molecular weight excluding hydrogens is 356 g/mol. The molecule has 0 saturated carbocycles. The Bertz CT molecular complexity index is 508. The smallest absolute Gasteiger partial charge is 0.336 e. The van der Waals surface area contributed by atoms with Crippen LogP contribution < -0.4 is 16.4 Å². The summed E-state index contributed by atoms with van der Waals surface area (Å²) < 4.78 is 0. The van der Waals surface area contributed by atoms with E-state index in [2.05, 4.69) is 10.6 Å². The van der Waals surface area contributed by atoms with Gasteiger partial charge in [-0.25, -0.2) is 4.79 Å². The number of nitrogens with two attached hydrogens (primary N) is 1. The molecule has 26 heavy (non-hydrogen) atoms. The third kappa shape index (κ3) is 12.5. The molecule has 0 aromatic heterocycles. The highest BCUT2D eigenvalue weighted by atomic mass is 16.4. The molecule has 0 heterocycles. The molecule has 13 nitrogen and oxygen atoms in total. The van der Waals surface area contributed by atoms with Crippen LogP contribution in [0.5, 0.6) is 0 Å². The fraction of sp³-hybridized carbons (Fsp3) is 0.615. The Labute approximate surface area is 148 Å². The van der Waals surface area contributed by atoms with E-state index >= 15 is 0 Å². The number of aliphatic carboxylic acids is 4. The Morgan fingerprint density at radius 2 is 1.54 bits per heavy atom. The third-order valence-electron chi connectivity index (χ3n) is 2.92. The van der Waals surface area contributed by atoms with Gasteiger partial charge in [0.25, 0.3) is 0 Å². The Balaban J connectivity index is 0. The Morgan fingerprint density at radius 1 is 1.08 bits per heavy atom. The van der Waals surface area contributed by atoms with E-state index < -0.39 is 48.4 Å². The van der Waals surface area contributed by atoms with E-state index in [1.165, 1.54) is 0 Å². The monoisotopic (exact) mass is 380 g/mol. The van der Waals surface area contributed by atoms with Crippen molar-refractivity contribution in [1.82, 2.24) is 10.6 Å². The SMILES string of the molecule is CNC(CCCNC(=N)N)C(=O)O.O=C(O)CC(O)(CC(=O)O)C(=O)O. The minimum atomic E-state index is -2.74. The van der Waals surface area contributed by atoms with E-state index in [0.717, 1.165) is 0 Å². The maximum absolute atomic E-state index is 10.5. The van der Waals surface area contributed by atoms with Crippen LogP contribution in [0, 0.1) is 5.41 Å². The number of likely N-dealkylation sites (N-methyl/N-ethyl adjacent to an activating group) is 1. The fourth-order valence-corrected chi connectivity index (χ4v) is 1.63. The molecule has 0 saturated heterocycles. The molecule has 0 bridgehead atoms. The third-order valence-corrected chi connectivity index (χ3v) is 2.92. The molecule has 0 aliphatic carbocycles. The lowest BCUT2D eigenvalue weighted by Crippen LogP contribution is -2.42. The Hall–Kier alpha value is -2.93. The van der Waals surface area contributed by atoms with Crippen LogP contribution in [0.25, 0.3) is 0 Å². The molecule has 0 amide bonds. The van der Waals surface area contributed by atoms with Gasteiger partial charge in [0, 0.05) is 6.54 Å². The molecule has 1 atom stereocenters. The number of hydrogen-bond donors (Lipinski definition) is 9. The number of guanidine groups is 1. The zero-order chi connectivity index (χ0) is 20.9. The van der Waals surface area contributed by atoms with E-state index in [0.29, 0.717) is 19.4 Å². The van der Waals surface area contributed by atoms with E-state index in [-0.39, 0.29) is 5.96 Å². The number of rotatable bonds is 11. The zero-order valence-corrected chi connectivity index (χ0v) is 14.1. The number of aliphatic hydroxyl groups is 1. The van der Waals surface area contributed by atoms with Crippen molar-refractivity contribution >= 4 is 29.8 Å². The van der Waals surface area contributed by atoms with Crippen molar-refractivity contribution < 1.29 is 44.7 Å². The van der Waals surface area contributed by atoms with Gasteiger partial charge in [-0.1, -0.05) is 0 Å². The predicted octanol–water partition coefficient (Wildman–Crippen LogP) is -2.33. The van der Waals surface area contributed by atoms with E-state index in [1.807, 2.05) is 0 Å². The van der Waals surface area contributed by atoms with Crippen LogP contribution in [0.1, 0.15) is 25.7 Å². The first-order valence-electron chi connectivity index (χ1n) is 7.23. The maximum Gasteiger partial charge on any atom is 0.336 e. The summed E-state index contributed by atoms with van der Waals surface area (Å²) in [5.41, 5.74) is 2.30. The average molecular weight is 380 g/mol. The zero-order valence-electron chi connectivity index (χ0n) is 14.1. The summed E-state index contributed by atoms with van der Waals surface area (Å²) in [6, 6.07) is -0.520. The van der Waals surface area contributed by atoms with E-state index in [1.54, 1.807) is 7.05 Å². The van der Waals surface area contributed by atoms with Gasteiger partial charge >= 0.3 is 23.9 Å². The fourth-order valence-electron chi connectivity index (χ4n) is 1.63. The van der Waals surface area contributed by atoms with Crippen LogP contribution in [-0.4, -0.2) is 80.6 Å². The minimum absolute atomic E-state index is 0.0867. The van der Waals surface area contributed by atoms with Gasteiger partial charge < -0.3 is 41.9 Å². The maximum atomic E-state index is 10.5. The normalized spacial score (nSPS) is 11.5.